The van der Waals surface area contributed by atoms with E-state index in [0.29, 0.717) is 19.4 Å². The van der Waals surface area contributed by atoms with Crippen molar-refractivity contribution in [1.82, 2.24) is 9.71 Å². The lowest BCUT2D eigenvalue weighted by Gasteiger charge is -2.27. The predicted octanol–water partition coefficient (Wildman–Crippen LogP) is 0.799. The van der Waals surface area contributed by atoms with Crippen LogP contribution in [0, 0.1) is 11.3 Å². The number of sulfonamides is 1. The molecule has 102 valence electrons. The number of hydrogen-bond acceptors (Lipinski definition) is 5. The van der Waals surface area contributed by atoms with Crippen molar-refractivity contribution in [2.45, 2.75) is 36.8 Å². The zero-order chi connectivity index (χ0) is 13.9. The second-order valence-electron chi connectivity index (χ2n) is 4.51. The maximum Gasteiger partial charge on any atom is 0.242 e. The van der Waals surface area contributed by atoms with Crippen LogP contribution < -0.4 is 4.72 Å². The molecule has 7 heteroatoms. The largest absolute Gasteiger partial charge is 0.378 e. The Morgan fingerprint density at radius 3 is 2.89 bits per heavy atom. The summed E-state index contributed by atoms with van der Waals surface area (Å²) in [5.74, 6) is 0. The third kappa shape index (κ3) is 3.50. The first kappa shape index (κ1) is 13.9. The molecular formula is C12H15N3O3S. The summed E-state index contributed by atoms with van der Waals surface area (Å²) < 4.78 is 32.3. The van der Waals surface area contributed by atoms with Gasteiger partial charge in [-0.25, -0.2) is 18.1 Å². The zero-order valence-electron chi connectivity index (χ0n) is 10.5. The van der Waals surface area contributed by atoms with E-state index in [4.69, 9.17) is 10.00 Å². The van der Waals surface area contributed by atoms with Crippen LogP contribution in [0.25, 0.3) is 0 Å². The molecule has 1 saturated heterocycles. The number of nitriles is 1. The molecule has 1 aliphatic heterocycles. The molecule has 2 rings (SSSR count). The lowest BCUT2D eigenvalue weighted by Crippen LogP contribution is -2.41. The van der Waals surface area contributed by atoms with E-state index in [1.165, 1.54) is 18.3 Å². The molecule has 0 bridgehead atoms. The lowest BCUT2D eigenvalue weighted by molar-refractivity contribution is 0.0173. The topological polar surface area (TPSA) is 92.1 Å². The summed E-state index contributed by atoms with van der Waals surface area (Å²) >= 11 is 0. The van der Waals surface area contributed by atoms with Crippen LogP contribution in [0.3, 0.4) is 0 Å². The summed E-state index contributed by atoms with van der Waals surface area (Å²) in [5, 5.41) is 8.63. The minimum atomic E-state index is -3.59. The lowest BCUT2D eigenvalue weighted by atomic mass is 10.1. The molecule has 2 heterocycles. The molecule has 0 saturated carbocycles. The van der Waals surface area contributed by atoms with E-state index in [0.717, 1.165) is 0 Å². The number of nitrogens with one attached hydrogen (secondary N) is 1. The number of nitrogens with zero attached hydrogens (tertiary/aromatic N) is 2. The fourth-order valence-electron chi connectivity index (χ4n) is 2.00. The molecule has 2 unspecified atom stereocenters. The van der Waals surface area contributed by atoms with Gasteiger partial charge in [-0.05, 0) is 31.9 Å². The highest BCUT2D eigenvalue weighted by Gasteiger charge is 2.25. The molecule has 0 radical (unpaired) electrons. The molecule has 0 spiro atoms. The number of ether oxygens (including phenoxy) is 1. The maximum atomic E-state index is 12.1. The van der Waals surface area contributed by atoms with Gasteiger partial charge in [0.1, 0.15) is 16.7 Å². The summed E-state index contributed by atoms with van der Waals surface area (Å²) in [6, 6.07) is 4.50. The van der Waals surface area contributed by atoms with E-state index in [1.807, 2.05) is 13.0 Å². The fraction of sp³-hybridized carbons (Fsp3) is 0.500. The fourth-order valence-corrected chi connectivity index (χ4v) is 3.23. The van der Waals surface area contributed by atoms with Gasteiger partial charge >= 0.3 is 0 Å². The van der Waals surface area contributed by atoms with Crippen molar-refractivity contribution in [3.05, 3.63) is 24.0 Å². The molecule has 19 heavy (non-hydrogen) atoms. The van der Waals surface area contributed by atoms with Gasteiger partial charge in [0.05, 0.1) is 6.10 Å². The second-order valence-corrected chi connectivity index (χ2v) is 6.23. The highest BCUT2D eigenvalue weighted by atomic mass is 32.2. The van der Waals surface area contributed by atoms with Gasteiger partial charge in [-0.2, -0.15) is 5.26 Å². The molecule has 1 aromatic rings. The molecule has 1 N–H and O–H groups in total. The highest BCUT2D eigenvalue weighted by molar-refractivity contribution is 7.89. The molecule has 2 atom stereocenters. The zero-order valence-corrected chi connectivity index (χ0v) is 11.4. The van der Waals surface area contributed by atoms with E-state index in [9.17, 15) is 8.42 Å². The minimum absolute atomic E-state index is 0.0561. The predicted molar refractivity (Wildman–Crippen MR) is 67.7 cm³/mol. The smallest absolute Gasteiger partial charge is 0.242 e. The number of hydrogen-bond donors (Lipinski definition) is 1. The average molecular weight is 281 g/mol. The van der Waals surface area contributed by atoms with Gasteiger partial charge in [-0.3, -0.25) is 0 Å². The first-order valence-electron chi connectivity index (χ1n) is 6.01. The van der Waals surface area contributed by atoms with Gasteiger partial charge in [0.25, 0.3) is 0 Å². The van der Waals surface area contributed by atoms with Crippen molar-refractivity contribution in [2.75, 3.05) is 6.61 Å². The average Bonchev–Trinajstić information content (AvgIpc) is 2.38. The van der Waals surface area contributed by atoms with Crippen molar-refractivity contribution in [3.63, 3.8) is 0 Å². The van der Waals surface area contributed by atoms with Gasteiger partial charge in [0, 0.05) is 18.8 Å². The molecule has 0 aliphatic carbocycles. The van der Waals surface area contributed by atoms with E-state index in [-0.39, 0.29) is 22.7 Å². The summed E-state index contributed by atoms with van der Waals surface area (Å²) in [7, 11) is -3.59. The van der Waals surface area contributed by atoms with Crippen LogP contribution in [-0.2, 0) is 14.8 Å². The van der Waals surface area contributed by atoms with Crippen molar-refractivity contribution in [1.29, 1.82) is 5.26 Å². The normalized spacial score (nSPS) is 23.8. The Morgan fingerprint density at radius 2 is 2.32 bits per heavy atom. The molecule has 0 aromatic carbocycles. The molecular weight excluding hydrogens is 266 g/mol. The summed E-state index contributed by atoms with van der Waals surface area (Å²) in [4.78, 5) is 3.84. The van der Waals surface area contributed by atoms with Gasteiger partial charge in [0.15, 0.2) is 0 Å². The van der Waals surface area contributed by atoms with Crippen LogP contribution in [0.5, 0.6) is 0 Å². The van der Waals surface area contributed by atoms with Crippen LogP contribution in [0.4, 0.5) is 0 Å². The third-order valence-corrected chi connectivity index (χ3v) is 4.47. The van der Waals surface area contributed by atoms with E-state index in [2.05, 4.69) is 9.71 Å². The Labute approximate surface area is 112 Å². The van der Waals surface area contributed by atoms with Crippen molar-refractivity contribution in [3.8, 4) is 6.07 Å². The van der Waals surface area contributed by atoms with Crippen molar-refractivity contribution < 1.29 is 13.2 Å². The first-order valence-corrected chi connectivity index (χ1v) is 7.49. The SMILES string of the molecule is CC1CC(NS(=O)(=O)c2ccc(C#N)nc2)CCO1. The van der Waals surface area contributed by atoms with E-state index < -0.39 is 10.0 Å². The van der Waals surface area contributed by atoms with Crippen molar-refractivity contribution in [2.24, 2.45) is 0 Å². The summed E-state index contributed by atoms with van der Waals surface area (Å²) in [6.07, 6.45) is 2.57. The van der Waals surface area contributed by atoms with Crippen LogP contribution >= 0.6 is 0 Å². The Bertz CT molecular complexity index is 577. The second kappa shape index (κ2) is 5.65. The van der Waals surface area contributed by atoms with Gasteiger partial charge < -0.3 is 4.74 Å². The molecule has 0 amide bonds. The number of aromatic nitrogens is 1. The van der Waals surface area contributed by atoms with Crippen LogP contribution in [-0.4, -0.2) is 32.2 Å². The Morgan fingerprint density at radius 1 is 1.53 bits per heavy atom. The Balaban J connectivity index is 2.11. The van der Waals surface area contributed by atoms with Crippen LogP contribution in [0.2, 0.25) is 0 Å². The summed E-state index contributed by atoms with van der Waals surface area (Å²) in [5.41, 5.74) is 0.193. The quantitative estimate of drug-likeness (QED) is 0.884. The standard InChI is InChI=1S/C12H15N3O3S/c1-9-6-10(4-5-18-9)15-19(16,17)12-3-2-11(7-13)14-8-12/h2-3,8-10,15H,4-6H2,1H3. The van der Waals surface area contributed by atoms with Crippen LogP contribution in [0.15, 0.2) is 23.2 Å². The van der Waals surface area contributed by atoms with E-state index in [1.54, 1.807) is 0 Å². The van der Waals surface area contributed by atoms with E-state index >= 15 is 0 Å². The molecule has 1 fully saturated rings. The monoisotopic (exact) mass is 281 g/mol. The molecule has 1 aromatic heterocycles. The van der Waals surface area contributed by atoms with Gasteiger partial charge in [-0.1, -0.05) is 0 Å². The third-order valence-electron chi connectivity index (χ3n) is 2.97. The van der Waals surface area contributed by atoms with Crippen molar-refractivity contribution >= 4 is 10.0 Å². The summed E-state index contributed by atoms with van der Waals surface area (Å²) in [6.45, 7) is 2.48. The maximum absolute atomic E-state index is 12.1. The minimum Gasteiger partial charge on any atom is -0.378 e. The molecule has 6 nitrogen and oxygen atoms in total. The van der Waals surface area contributed by atoms with Gasteiger partial charge in [-0.15, -0.1) is 0 Å². The highest BCUT2D eigenvalue weighted by Crippen LogP contribution is 2.16. The first-order chi connectivity index (χ1) is 9.01. The number of pyridine rings is 1. The Kier molecular flexibility index (Phi) is 4.14. The van der Waals surface area contributed by atoms with Gasteiger partial charge in [0.2, 0.25) is 10.0 Å². The Hall–Kier alpha value is -1.49. The van der Waals surface area contributed by atoms with Crippen LogP contribution in [0.1, 0.15) is 25.5 Å². The number of rotatable bonds is 3. The molecule has 1 aliphatic rings.